The molecule has 1 amide bonds. The third kappa shape index (κ3) is 4.24. The smallest absolute Gasteiger partial charge is 0.261 e. The van der Waals surface area contributed by atoms with Crippen molar-refractivity contribution < 1.29 is 21.8 Å². The summed E-state index contributed by atoms with van der Waals surface area (Å²) in [5, 5.41) is 2.66. The molecule has 0 radical (unpaired) electrons. The fourth-order valence-electron chi connectivity index (χ4n) is 2.03. The summed E-state index contributed by atoms with van der Waals surface area (Å²) in [6.07, 6.45) is 1.15. The molecule has 0 atom stereocenters. The number of rotatable bonds is 3. The Hall–Kier alpha value is -0.990. The fraction of sp³-hybridized carbons (Fsp3) is 0.417. The SMILES string of the molecule is O=C(NC1CCS(=O)CC1)c1ccc(S(=O)(=O)Cl)cc1F. The maximum atomic E-state index is 13.8. The van der Waals surface area contributed by atoms with Crippen LogP contribution in [0.4, 0.5) is 4.39 Å². The quantitative estimate of drug-likeness (QED) is 0.833. The first-order valence-corrected chi connectivity index (χ1v) is 9.97. The maximum Gasteiger partial charge on any atom is 0.261 e. The van der Waals surface area contributed by atoms with E-state index in [9.17, 15) is 21.8 Å². The molecule has 1 aromatic carbocycles. The van der Waals surface area contributed by atoms with Crippen LogP contribution in [-0.2, 0) is 19.9 Å². The average molecular weight is 354 g/mol. The molecule has 1 N–H and O–H groups in total. The van der Waals surface area contributed by atoms with Crippen molar-refractivity contribution in [2.24, 2.45) is 0 Å². The zero-order chi connectivity index (χ0) is 15.6. The normalized spacial score (nSPS) is 22.8. The average Bonchev–Trinajstić information content (AvgIpc) is 2.40. The number of carbonyl (C=O) groups excluding carboxylic acids is 1. The van der Waals surface area contributed by atoms with Gasteiger partial charge in [-0.3, -0.25) is 9.00 Å². The lowest BCUT2D eigenvalue weighted by molar-refractivity contribution is 0.0930. The van der Waals surface area contributed by atoms with Crippen LogP contribution in [0.2, 0.25) is 0 Å². The second-order valence-corrected chi connectivity index (χ2v) is 8.94. The summed E-state index contributed by atoms with van der Waals surface area (Å²) in [7, 11) is 0.229. The molecule has 0 aliphatic carbocycles. The molecule has 1 aromatic rings. The zero-order valence-electron chi connectivity index (χ0n) is 10.8. The van der Waals surface area contributed by atoms with E-state index in [0.29, 0.717) is 30.4 Å². The summed E-state index contributed by atoms with van der Waals surface area (Å²) in [5.74, 6) is -0.550. The predicted octanol–water partition coefficient (Wildman–Crippen LogP) is 1.39. The number of amides is 1. The largest absolute Gasteiger partial charge is 0.349 e. The highest BCUT2D eigenvalue weighted by Crippen LogP contribution is 2.19. The summed E-state index contributed by atoms with van der Waals surface area (Å²) < 4.78 is 47.2. The standard InChI is InChI=1S/C12H13ClFNO4S2/c13-21(18,19)9-1-2-10(11(14)7-9)12(16)15-8-3-5-20(17)6-4-8/h1-2,7-8H,3-6H2,(H,15,16). The van der Waals surface area contributed by atoms with Crippen LogP contribution in [0.3, 0.4) is 0 Å². The van der Waals surface area contributed by atoms with Crippen LogP contribution in [0.15, 0.2) is 23.1 Å². The first-order valence-electron chi connectivity index (χ1n) is 6.17. The van der Waals surface area contributed by atoms with E-state index < -0.39 is 36.5 Å². The van der Waals surface area contributed by atoms with Crippen LogP contribution in [0, 0.1) is 5.82 Å². The fourth-order valence-corrected chi connectivity index (χ4v) is 4.09. The van der Waals surface area contributed by atoms with Crippen LogP contribution in [0.25, 0.3) is 0 Å². The minimum atomic E-state index is -4.03. The van der Waals surface area contributed by atoms with Crippen LogP contribution in [-0.4, -0.2) is 36.1 Å². The van der Waals surface area contributed by atoms with Gasteiger partial charge in [-0.1, -0.05) is 0 Å². The van der Waals surface area contributed by atoms with Gasteiger partial charge in [-0.2, -0.15) is 0 Å². The van der Waals surface area contributed by atoms with Gasteiger partial charge in [-0.25, -0.2) is 12.8 Å². The van der Waals surface area contributed by atoms with Crippen LogP contribution in [0.5, 0.6) is 0 Å². The van der Waals surface area contributed by atoms with E-state index in [1.807, 2.05) is 0 Å². The molecule has 0 aromatic heterocycles. The van der Waals surface area contributed by atoms with Gasteiger partial charge in [0.2, 0.25) is 0 Å². The van der Waals surface area contributed by atoms with E-state index in [4.69, 9.17) is 10.7 Å². The Kier molecular flexibility index (Phi) is 5.00. The Labute approximate surface area is 128 Å². The number of carbonyl (C=O) groups is 1. The van der Waals surface area contributed by atoms with Gasteiger partial charge >= 0.3 is 0 Å². The molecule has 1 aliphatic rings. The molecule has 116 valence electrons. The first-order chi connectivity index (χ1) is 9.77. The molecular weight excluding hydrogens is 341 g/mol. The van der Waals surface area contributed by atoms with Crippen LogP contribution >= 0.6 is 10.7 Å². The molecule has 0 spiro atoms. The molecule has 1 aliphatic heterocycles. The predicted molar refractivity (Wildman–Crippen MR) is 77.8 cm³/mol. The van der Waals surface area contributed by atoms with Gasteiger partial charge in [0.1, 0.15) is 5.82 Å². The Morgan fingerprint density at radius 1 is 1.33 bits per heavy atom. The molecule has 1 fully saturated rings. The van der Waals surface area contributed by atoms with Crippen molar-refractivity contribution in [2.45, 2.75) is 23.8 Å². The van der Waals surface area contributed by atoms with Gasteiger partial charge in [-0.05, 0) is 31.0 Å². The molecule has 1 heterocycles. The second kappa shape index (κ2) is 6.41. The van der Waals surface area contributed by atoms with Crippen molar-refractivity contribution in [2.75, 3.05) is 11.5 Å². The molecule has 2 rings (SSSR count). The summed E-state index contributed by atoms with van der Waals surface area (Å²) in [6.45, 7) is 0. The van der Waals surface area contributed by atoms with Crippen LogP contribution in [0.1, 0.15) is 23.2 Å². The monoisotopic (exact) mass is 353 g/mol. The molecule has 9 heteroatoms. The molecular formula is C12H13ClFNO4S2. The molecule has 0 unspecified atom stereocenters. The highest BCUT2D eigenvalue weighted by molar-refractivity contribution is 8.13. The van der Waals surface area contributed by atoms with Crippen molar-refractivity contribution in [3.8, 4) is 0 Å². The van der Waals surface area contributed by atoms with Gasteiger partial charge < -0.3 is 5.32 Å². The topological polar surface area (TPSA) is 80.3 Å². The molecule has 1 saturated heterocycles. The third-order valence-corrected chi connectivity index (χ3v) is 5.92. The van der Waals surface area contributed by atoms with Crippen molar-refractivity contribution in [3.63, 3.8) is 0 Å². The lowest BCUT2D eigenvalue weighted by atomic mass is 10.1. The van der Waals surface area contributed by atoms with Gasteiger partial charge in [0.15, 0.2) is 0 Å². The Morgan fingerprint density at radius 2 is 1.95 bits per heavy atom. The van der Waals surface area contributed by atoms with Gasteiger partial charge in [0.05, 0.1) is 10.5 Å². The summed E-state index contributed by atoms with van der Waals surface area (Å²) in [6, 6.07) is 2.73. The Bertz CT molecular complexity index is 682. The maximum absolute atomic E-state index is 13.8. The highest BCUT2D eigenvalue weighted by Gasteiger charge is 2.22. The third-order valence-electron chi connectivity index (χ3n) is 3.19. The first kappa shape index (κ1) is 16.4. The van der Waals surface area contributed by atoms with Gasteiger partial charge in [0, 0.05) is 39.0 Å². The van der Waals surface area contributed by atoms with E-state index in [0.717, 1.165) is 12.1 Å². The van der Waals surface area contributed by atoms with Crippen molar-refractivity contribution in [3.05, 3.63) is 29.6 Å². The number of halogens is 2. The van der Waals surface area contributed by atoms with E-state index in [2.05, 4.69) is 5.32 Å². The van der Waals surface area contributed by atoms with Crippen LogP contribution < -0.4 is 5.32 Å². The van der Waals surface area contributed by atoms with Gasteiger partial charge in [-0.15, -0.1) is 0 Å². The summed E-state index contributed by atoms with van der Waals surface area (Å²) in [5.41, 5.74) is -0.245. The number of nitrogens with one attached hydrogen (secondary N) is 1. The van der Waals surface area contributed by atoms with E-state index in [1.165, 1.54) is 0 Å². The second-order valence-electron chi connectivity index (χ2n) is 4.68. The Morgan fingerprint density at radius 3 is 2.48 bits per heavy atom. The number of hydrogen-bond donors (Lipinski definition) is 1. The minimum Gasteiger partial charge on any atom is -0.349 e. The molecule has 0 bridgehead atoms. The van der Waals surface area contributed by atoms with E-state index in [-0.39, 0.29) is 11.6 Å². The van der Waals surface area contributed by atoms with E-state index >= 15 is 0 Å². The van der Waals surface area contributed by atoms with Crippen molar-refractivity contribution in [1.29, 1.82) is 0 Å². The lowest BCUT2D eigenvalue weighted by Gasteiger charge is -2.22. The minimum absolute atomic E-state index is 0.147. The number of benzene rings is 1. The zero-order valence-corrected chi connectivity index (χ0v) is 13.2. The Balaban J connectivity index is 2.11. The van der Waals surface area contributed by atoms with Crippen molar-refractivity contribution >= 4 is 36.4 Å². The molecule has 5 nitrogen and oxygen atoms in total. The summed E-state index contributed by atoms with van der Waals surface area (Å²) >= 11 is 0. The lowest BCUT2D eigenvalue weighted by Crippen LogP contribution is -2.39. The van der Waals surface area contributed by atoms with E-state index in [1.54, 1.807) is 0 Å². The molecule has 21 heavy (non-hydrogen) atoms. The van der Waals surface area contributed by atoms with Crippen molar-refractivity contribution in [1.82, 2.24) is 5.32 Å². The summed E-state index contributed by atoms with van der Waals surface area (Å²) in [4.78, 5) is 11.6. The molecule has 0 saturated carbocycles. The number of hydrogen-bond acceptors (Lipinski definition) is 4. The highest BCUT2D eigenvalue weighted by atomic mass is 35.7. The van der Waals surface area contributed by atoms with Gasteiger partial charge in [0.25, 0.3) is 15.0 Å².